The molecule has 1 nitrogen and oxygen atoms in total. The second-order valence-electron chi connectivity index (χ2n) is 3.37. The van der Waals surface area contributed by atoms with Crippen LogP contribution in [0.3, 0.4) is 0 Å². The third kappa shape index (κ3) is 2.73. The lowest BCUT2D eigenvalue weighted by Gasteiger charge is -2.15. The summed E-state index contributed by atoms with van der Waals surface area (Å²) < 4.78 is 0. The molecule has 3 heteroatoms. The monoisotopic (exact) mass is 247 g/mol. The molecule has 0 saturated carbocycles. The van der Waals surface area contributed by atoms with E-state index in [-0.39, 0.29) is 0 Å². The van der Waals surface area contributed by atoms with Gasteiger partial charge >= 0.3 is 0 Å². The Hall–Kier alpha value is -1.08. The SMILES string of the molecule is C#CCCNC(c1cccs1)c1cccs1. The second-order valence-corrected chi connectivity index (χ2v) is 5.33. The Labute approximate surface area is 104 Å². The number of rotatable bonds is 5. The van der Waals surface area contributed by atoms with Crippen molar-refractivity contribution in [2.75, 3.05) is 6.54 Å². The van der Waals surface area contributed by atoms with Gasteiger partial charge in [0.2, 0.25) is 0 Å². The highest BCUT2D eigenvalue weighted by Crippen LogP contribution is 2.28. The minimum atomic E-state index is 0.299. The molecule has 0 spiro atoms. The fourth-order valence-corrected chi connectivity index (χ4v) is 3.25. The van der Waals surface area contributed by atoms with E-state index >= 15 is 0 Å². The number of terminal acetylenes is 1. The van der Waals surface area contributed by atoms with E-state index in [1.807, 2.05) is 0 Å². The summed E-state index contributed by atoms with van der Waals surface area (Å²) in [5, 5.41) is 7.72. The van der Waals surface area contributed by atoms with Crippen LogP contribution in [0.5, 0.6) is 0 Å². The maximum atomic E-state index is 5.27. The van der Waals surface area contributed by atoms with E-state index in [0.29, 0.717) is 6.04 Å². The van der Waals surface area contributed by atoms with Gasteiger partial charge in [-0.05, 0) is 22.9 Å². The molecular formula is C13H13NS2. The number of nitrogens with one attached hydrogen (secondary N) is 1. The van der Waals surface area contributed by atoms with E-state index in [2.05, 4.69) is 46.3 Å². The molecule has 2 aromatic rings. The first-order valence-corrected chi connectivity index (χ1v) is 6.91. The molecule has 2 aromatic heterocycles. The highest BCUT2D eigenvalue weighted by Gasteiger charge is 2.14. The van der Waals surface area contributed by atoms with Gasteiger partial charge in [-0.3, -0.25) is 0 Å². The summed E-state index contributed by atoms with van der Waals surface area (Å²) in [4.78, 5) is 2.69. The van der Waals surface area contributed by atoms with Crippen molar-refractivity contribution >= 4 is 22.7 Å². The molecule has 0 saturated heterocycles. The Bertz CT molecular complexity index is 402. The van der Waals surface area contributed by atoms with Gasteiger partial charge < -0.3 is 5.32 Å². The third-order valence-electron chi connectivity index (χ3n) is 2.27. The number of hydrogen-bond acceptors (Lipinski definition) is 3. The van der Waals surface area contributed by atoms with E-state index < -0.39 is 0 Å². The fraction of sp³-hybridized carbons (Fsp3) is 0.231. The van der Waals surface area contributed by atoms with Gasteiger partial charge in [-0.2, -0.15) is 0 Å². The summed E-state index contributed by atoms with van der Waals surface area (Å²) in [6, 6.07) is 8.80. The largest absolute Gasteiger partial charge is 0.304 e. The van der Waals surface area contributed by atoms with Gasteiger partial charge in [0.1, 0.15) is 0 Å². The first kappa shape index (κ1) is 11.4. The van der Waals surface area contributed by atoms with Crippen molar-refractivity contribution in [1.82, 2.24) is 5.32 Å². The van der Waals surface area contributed by atoms with Crippen molar-refractivity contribution in [2.24, 2.45) is 0 Å². The van der Waals surface area contributed by atoms with Crippen molar-refractivity contribution in [1.29, 1.82) is 0 Å². The Morgan fingerprint density at radius 3 is 2.25 bits per heavy atom. The molecule has 0 aliphatic carbocycles. The zero-order valence-corrected chi connectivity index (χ0v) is 10.5. The zero-order chi connectivity index (χ0) is 11.2. The van der Waals surface area contributed by atoms with Crippen molar-refractivity contribution in [3.8, 4) is 12.3 Å². The molecule has 0 radical (unpaired) electrons. The van der Waals surface area contributed by atoms with Gasteiger partial charge in [-0.15, -0.1) is 35.0 Å². The quantitative estimate of drug-likeness (QED) is 0.630. The summed E-state index contributed by atoms with van der Waals surface area (Å²) in [5.41, 5.74) is 0. The molecule has 0 amide bonds. The zero-order valence-electron chi connectivity index (χ0n) is 8.85. The van der Waals surface area contributed by atoms with Crippen LogP contribution in [-0.4, -0.2) is 6.54 Å². The molecule has 0 unspecified atom stereocenters. The van der Waals surface area contributed by atoms with Gasteiger partial charge in [0, 0.05) is 22.7 Å². The lowest BCUT2D eigenvalue weighted by molar-refractivity contribution is 0.631. The van der Waals surface area contributed by atoms with Crippen LogP contribution in [0.4, 0.5) is 0 Å². The maximum Gasteiger partial charge on any atom is 0.0765 e. The molecule has 0 bridgehead atoms. The van der Waals surface area contributed by atoms with Crippen LogP contribution in [0, 0.1) is 12.3 Å². The molecule has 16 heavy (non-hydrogen) atoms. The summed E-state index contributed by atoms with van der Waals surface area (Å²) in [5.74, 6) is 2.66. The number of hydrogen-bond donors (Lipinski definition) is 1. The molecule has 0 fully saturated rings. The maximum absolute atomic E-state index is 5.27. The fourth-order valence-electron chi connectivity index (χ4n) is 1.54. The molecule has 0 aliphatic heterocycles. The Morgan fingerprint density at radius 2 is 1.81 bits per heavy atom. The Morgan fingerprint density at radius 1 is 1.19 bits per heavy atom. The smallest absolute Gasteiger partial charge is 0.0765 e. The van der Waals surface area contributed by atoms with Crippen LogP contribution in [0.1, 0.15) is 22.2 Å². The first-order chi connectivity index (χ1) is 7.92. The van der Waals surface area contributed by atoms with Crippen molar-refractivity contribution < 1.29 is 0 Å². The summed E-state index contributed by atoms with van der Waals surface area (Å²) >= 11 is 3.56. The van der Waals surface area contributed by atoms with Gasteiger partial charge in [0.15, 0.2) is 0 Å². The molecule has 2 rings (SSSR count). The highest BCUT2D eigenvalue weighted by atomic mass is 32.1. The van der Waals surface area contributed by atoms with Crippen LogP contribution in [0.25, 0.3) is 0 Å². The second kappa shape index (κ2) is 5.86. The van der Waals surface area contributed by atoms with Gasteiger partial charge in [-0.1, -0.05) is 12.1 Å². The Kier molecular flexibility index (Phi) is 4.17. The molecule has 1 N–H and O–H groups in total. The topological polar surface area (TPSA) is 12.0 Å². The van der Waals surface area contributed by atoms with Crippen molar-refractivity contribution in [2.45, 2.75) is 12.5 Å². The summed E-state index contributed by atoms with van der Waals surface area (Å²) in [6.07, 6.45) is 6.04. The predicted octanol–water partition coefficient (Wildman–Crippen LogP) is 3.51. The lowest BCUT2D eigenvalue weighted by atomic mass is 10.2. The minimum Gasteiger partial charge on any atom is -0.304 e. The average molecular weight is 247 g/mol. The Balaban J connectivity index is 2.12. The van der Waals surface area contributed by atoms with E-state index in [4.69, 9.17) is 6.42 Å². The summed E-state index contributed by atoms with van der Waals surface area (Å²) in [6.45, 7) is 0.858. The molecule has 82 valence electrons. The van der Waals surface area contributed by atoms with Crippen LogP contribution in [0.2, 0.25) is 0 Å². The van der Waals surface area contributed by atoms with Crippen LogP contribution in [-0.2, 0) is 0 Å². The van der Waals surface area contributed by atoms with E-state index in [1.165, 1.54) is 9.75 Å². The first-order valence-electron chi connectivity index (χ1n) is 5.15. The van der Waals surface area contributed by atoms with Crippen molar-refractivity contribution in [3.05, 3.63) is 44.8 Å². The normalized spacial score (nSPS) is 10.5. The molecule has 0 aromatic carbocycles. The lowest BCUT2D eigenvalue weighted by Crippen LogP contribution is -2.21. The van der Waals surface area contributed by atoms with Crippen LogP contribution < -0.4 is 5.32 Å². The van der Waals surface area contributed by atoms with Crippen LogP contribution in [0.15, 0.2) is 35.0 Å². The van der Waals surface area contributed by atoms with Crippen LogP contribution >= 0.6 is 22.7 Å². The highest BCUT2D eigenvalue weighted by molar-refractivity contribution is 7.11. The average Bonchev–Trinajstić information content (AvgIpc) is 2.97. The molecule has 0 aliphatic rings. The minimum absolute atomic E-state index is 0.299. The molecule has 2 heterocycles. The van der Waals surface area contributed by atoms with Gasteiger partial charge in [0.25, 0.3) is 0 Å². The van der Waals surface area contributed by atoms with Gasteiger partial charge in [0.05, 0.1) is 6.04 Å². The molecule has 0 atom stereocenters. The predicted molar refractivity (Wildman–Crippen MR) is 71.9 cm³/mol. The molecular weight excluding hydrogens is 234 g/mol. The van der Waals surface area contributed by atoms with E-state index in [0.717, 1.165) is 13.0 Å². The van der Waals surface area contributed by atoms with Gasteiger partial charge in [-0.25, -0.2) is 0 Å². The standard InChI is InChI=1S/C13H13NS2/c1-2-3-8-14-13(11-6-4-9-15-11)12-7-5-10-16-12/h1,4-7,9-10,13-14H,3,8H2. The summed E-state index contributed by atoms with van der Waals surface area (Å²) in [7, 11) is 0. The van der Waals surface area contributed by atoms with E-state index in [9.17, 15) is 0 Å². The van der Waals surface area contributed by atoms with E-state index in [1.54, 1.807) is 22.7 Å². The number of thiophene rings is 2. The third-order valence-corrected chi connectivity index (χ3v) is 4.15. The van der Waals surface area contributed by atoms with Crippen molar-refractivity contribution in [3.63, 3.8) is 0 Å².